The molecule has 1 unspecified atom stereocenters. The smallest absolute Gasteiger partial charge is 0.251 e. The quantitative estimate of drug-likeness (QED) is 0.881. The maximum Gasteiger partial charge on any atom is 0.251 e. The molecule has 1 aliphatic heterocycles. The third kappa shape index (κ3) is 4.59. The molecule has 1 atom stereocenters. The zero-order chi connectivity index (χ0) is 16.8. The molecule has 4 nitrogen and oxygen atoms in total. The van der Waals surface area contributed by atoms with Crippen LogP contribution in [0.2, 0.25) is 0 Å². The van der Waals surface area contributed by atoms with E-state index < -0.39 is 0 Å². The average molecular weight is 324 g/mol. The maximum absolute atomic E-state index is 12.3. The Morgan fingerprint density at radius 1 is 1.04 bits per heavy atom. The van der Waals surface area contributed by atoms with Gasteiger partial charge in [-0.05, 0) is 69.3 Å². The van der Waals surface area contributed by atoms with E-state index in [0.717, 1.165) is 31.1 Å². The number of rotatable bonds is 6. The number of hydrogen-bond donors (Lipinski definition) is 1. The summed E-state index contributed by atoms with van der Waals surface area (Å²) in [5, 5.41) is 3.07. The Labute approximate surface area is 143 Å². The van der Waals surface area contributed by atoms with Gasteiger partial charge in [0.05, 0.1) is 0 Å². The third-order valence-electron chi connectivity index (χ3n) is 4.20. The number of para-hydroxylation sites is 1. The van der Waals surface area contributed by atoms with Gasteiger partial charge < -0.3 is 15.0 Å². The van der Waals surface area contributed by atoms with E-state index in [2.05, 4.69) is 17.1 Å². The van der Waals surface area contributed by atoms with Crippen LogP contribution < -0.4 is 10.1 Å². The number of ether oxygens (including phenoxy) is 1. The second-order valence-corrected chi connectivity index (χ2v) is 6.32. The molecule has 0 radical (unpaired) electrons. The van der Waals surface area contributed by atoms with Crippen molar-refractivity contribution in [1.29, 1.82) is 0 Å². The first kappa shape index (κ1) is 16.5. The molecule has 0 aliphatic carbocycles. The lowest BCUT2D eigenvalue weighted by Crippen LogP contribution is -2.41. The first-order valence-electron chi connectivity index (χ1n) is 8.57. The van der Waals surface area contributed by atoms with Crippen LogP contribution in [0, 0.1) is 0 Å². The molecule has 3 rings (SSSR count). The second kappa shape index (κ2) is 7.97. The minimum absolute atomic E-state index is 0.0343. The number of carbonyl (C=O) groups excluding carboxylic acids is 1. The number of benzene rings is 2. The van der Waals surface area contributed by atoms with E-state index in [9.17, 15) is 4.79 Å². The lowest BCUT2D eigenvalue weighted by atomic mass is 10.2. The van der Waals surface area contributed by atoms with Crippen molar-refractivity contribution in [3.05, 3.63) is 60.2 Å². The predicted molar refractivity (Wildman–Crippen MR) is 95.6 cm³/mol. The van der Waals surface area contributed by atoms with Crippen LogP contribution in [0.3, 0.4) is 0 Å². The van der Waals surface area contributed by atoms with Crippen LogP contribution >= 0.6 is 0 Å². The number of carbonyl (C=O) groups is 1. The van der Waals surface area contributed by atoms with Crippen LogP contribution in [0.15, 0.2) is 54.6 Å². The Bertz CT molecular complexity index is 649. The predicted octanol–water partition coefficient (Wildman–Crippen LogP) is 3.69. The van der Waals surface area contributed by atoms with E-state index in [4.69, 9.17) is 4.74 Å². The van der Waals surface area contributed by atoms with Crippen LogP contribution in [0.1, 0.15) is 30.1 Å². The van der Waals surface area contributed by atoms with Crippen molar-refractivity contribution in [1.82, 2.24) is 10.2 Å². The Hall–Kier alpha value is -2.33. The SMILES string of the molecule is CC(CN1CCCC1)NC(=O)c1ccc(Oc2ccccc2)cc1. The number of nitrogens with zero attached hydrogens (tertiary/aromatic N) is 1. The van der Waals surface area contributed by atoms with Crippen molar-refractivity contribution in [2.45, 2.75) is 25.8 Å². The van der Waals surface area contributed by atoms with E-state index >= 15 is 0 Å². The van der Waals surface area contributed by atoms with Crippen molar-refractivity contribution in [3.8, 4) is 11.5 Å². The molecule has 0 saturated carbocycles. The summed E-state index contributed by atoms with van der Waals surface area (Å²) in [5.74, 6) is 1.48. The molecule has 126 valence electrons. The largest absolute Gasteiger partial charge is 0.457 e. The molecule has 1 N–H and O–H groups in total. The Morgan fingerprint density at radius 2 is 1.67 bits per heavy atom. The van der Waals surface area contributed by atoms with Gasteiger partial charge in [0.1, 0.15) is 11.5 Å². The molecule has 1 saturated heterocycles. The summed E-state index contributed by atoms with van der Waals surface area (Å²) in [4.78, 5) is 14.7. The highest BCUT2D eigenvalue weighted by Crippen LogP contribution is 2.21. The van der Waals surface area contributed by atoms with E-state index in [1.54, 1.807) is 12.1 Å². The van der Waals surface area contributed by atoms with Crippen molar-refractivity contribution in [2.75, 3.05) is 19.6 Å². The first-order valence-corrected chi connectivity index (χ1v) is 8.57. The molecule has 24 heavy (non-hydrogen) atoms. The first-order chi connectivity index (χ1) is 11.7. The third-order valence-corrected chi connectivity index (χ3v) is 4.20. The zero-order valence-corrected chi connectivity index (χ0v) is 14.1. The molecule has 1 heterocycles. The lowest BCUT2D eigenvalue weighted by Gasteiger charge is -2.21. The van der Waals surface area contributed by atoms with Crippen LogP contribution in [-0.2, 0) is 0 Å². The second-order valence-electron chi connectivity index (χ2n) is 6.32. The monoisotopic (exact) mass is 324 g/mol. The average Bonchev–Trinajstić information content (AvgIpc) is 3.09. The highest BCUT2D eigenvalue weighted by molar-refractivity contribution is 5.94. The minimum atomic E-state index is -0.0343. The van der Waals surface area contributed by atoms with Gasteiger partial charge >= 0.3 is 0 Å². The molecule has 0 spiro atoms. The Morgan fingerprint density at radius 3 is 2.33 bits per heavy atom. The summed E-state index contributed by atoms with van der Waals surface area (Å²) in [5.41, 5.74) is 0.656. The topological polar surface area (TPSA) is 41.6 Å². The van der Waals surface area contributed by atoms with Gasteiger partial charge in [-0.1, -0.05) is 18.2 Å². The number of likely N-dealkylation sites (tertiary alicyclic amines) is 1. The molecule has 1 aliphatic rings. The fraction of sp³-hybridized carbons (Fsp3) is 0.350. The molecule has 0 aromatic heterocycles. The zero-order valence-electron chi connectivity index (χ0n) is 14.1. The molecule has 4 heteroatoms. The molecular weight excluding hydrogens is 300 g/mol. The fourth-order valence-electron chi connectivity index (χ4n) is 3.00. The van der Waals surface area contributed by atoms with E-state index in [1.165, 1.54) is 12.8 Å². The molecule has 2 aromatic rings. The normalized spacial score (nSPS) is 15.9. The van der Waals surface area contributed by atoms with Crippen molar-refractivity contribution >= 4 is 5.91 Å². The van der Waals surface area contributed by atoms with Crippen LogP contribution in [0.25, 0.3) is 0 Å². The van der Waals surface area contributed by atoms with Crippen molar-refractivity contribution in [2.24, 2.45) is 0 Å². The summed E-state index contributed by atoms with van der Waals surface area (Å²) in [6.45, 7) is 5.27. The van der Waals surface area contributed by atoms with E-state index in [0.29, 0.717) is 5.56 Å². The van der Waals surface area contributed by atoms with Crippen LogP contribution in [0.4, 0.5) is 0 Å². The van der Waals surface area contributed by atoms with Crippen molar-refractivity contribution < 1.29 is 9.53 Å². The van der Waals surface area contributed by atoms with Crippen molar-refractivity contribution in [3.63, 3.8) is 0 Å². The molecular formula is C20H24N2O2. The summed E-state index contributed by atoms with van der Waals surface area (Å²) < 4.78 is 5.74. The van der Waals surface area contributed by atoms with Gasteiger partial charge in [0.25, 0.3) is 5.91 Å². The van der Waals surface area contributed by atoms with Gasteiger partial charge in [0.2, 0.25) is 0 Å². The Balaban J connectivity index is 1.53. The highest BCUT2D eigenvalue weighted by Gasteiger charge is 2.16. The summed E-state index contributed by atoms with van der Waals surface area (Å²) >= 11 is 0. The Kier molecular flexibility index (Phi) is 5.49. The van der Waals surface area contributed by atoms with E-state index in [1.807, 2.05) is 42.5 Å². The van der Waals surface area contributed by atoms with Gasteiger partial charge in [-0.3, -0.25) is 4.79 Å². The summed E-state index contributed by atoms with van der Waals surface area (Å²) in [6.07, 6.45) is 2.53. The van der Waals surface area contributed by atoms with Gasteiger partial charge in [-0.25, -0.2) is 0 Å². The van der Waals surface area contributed by atoms with Crippen LogP contribution in [0.5, 0.6) is 11.5 Å². The van der Waals surface area contributed by atoms with Crippen LogP contribution in [-0.4, -0.2) is 36.5 Å². The highest BCUT2D eigenvalue weighted by atomic mass is 16.5. The minimum Gasteiger partial charge on any atom is -0.457 e. The number of nitrogens with one attached hydrogen (secondary N) is 1. The summed E-state index contributed by atoms with van der Waals surface area (Å²) in [7, 11) is 0. The summed E-state index contributed by atoms with van der Waals surface area (Å²) in [6, 6.07) is 17.0. The molecule has 2 aromatic carbocycles. The fourth-order valence-corrected chi connectivity index (χ4v) is 3.00. The van der Waals surface area contributed by atoms with E-state index in [-0.39, 0.29) is 11.9 Å². The molecule has 1 fully saturated rings. The molecule has 0 bridgehead atoms. The maximum atomic E-state index is 12.3. The van der Waals surface area contributed by atoms with Gasteiger partial charge in [-0.15, -0.1) is 0 Å². The van der Waals surface area contributed by atoms with Gasteiger partial charge in [0.15, 0.2) is 0 Å². The van der Waals surface area contributed by atoms with Gasteiger partial charge in [0, 0.05) is 18.2 Å². The standard InChI is InChI=1S/C20H24N2O2/c1-16(15-22-13-5-6-14-22)21-20(23)17-9-11-19(12-10-17)24-18-7-3-2-4-8-18/h2-4,7-12,16H,5-6,13-15H2,1H3,(H,21,23). The number of amides is 1. The lowest BCUT2D eigenvalue weighted by molar-refractivity contribution is 0.0932. The molecule has 1 amide bonds. The number of hydrogen-bond acceptors (Lipinski definition) is 3. The van der Waals surface area contributed by atoms with Gasteiger partial charge in [-0.2, -0.15) is 0 Å².